The van der Waals surface area contributed by atoms with Crippen molar-refractivity contribution in [3.8, 4) is 5.82 Å². The average molecular weight is 358 g/mol. The number of hydrogen-bond donors (Lipinski definition) is 2. The van der Waals surface area contributed by atoms with Crippen molar-refractivity contribution in [1.29, 1.82) is 0 Å². The fourth-order valence-electron chi connectivity index (χ4n) is 2.71. The largest absolute Gasteiger partial charge is 0.480 e. The van der Waals surface area contributed by atoms with Crippen molar-refractivity contribution in [2.75, 3.05) is 0 Å². The lowest BCUT2D eigenvalue weighted by Crippen LogP contribution is -2.23. The fourth-order valence-corrected chi connectivity index (χ4v) is 2.71. The van der Waals surface area contributed by atoms with E-state index in [2.05, 4.69) is 20.8 Å². The van der Waals surface area contributed by atoms with Crippen molar-refractivity contribution in [2.45, 2.75) is 33.9 Å². The summed E-state index contributed by atoms with van der Waals surface area (Å²) in [6, 6.07) is 3.57. The molecule has 0 spiro atoms. The zero-order valence-electron chi connectivity index (χ0n) is 14.6. The van der Waals surface area contributed by atoms with E-state index < -0.39 is 5.97 Å². The van der Waals surface area contributed by atoms with E-state index in [1.165, 1.54) is 10.9 Å². The first-order valence-corrected chi connectivity index (χ1v) is 7.87. The number of carboxylic acids is 1. The maximum atomic E-state index is 12.5. The standard InChI is InChI=1S/C16H18N6O4/c1-9-4-13(11(3)22(9)14-5-10(2)26-19-14)16(25)17-6-12-7-21(20-18-12)8-15(23)24/h4-5,7H,6,8H2,1-3H3,(H,17,25)(H,23,24). The zero-order chi connectivity index (χ0) is 18.8. The predicted octanol–water partition coefficient (Wildman–Crippen LogP) is 0.997. The van der Waals surface area contributed by atoms with Crippen LogP contribution < -0.4 is 5.32 Å². The second kappa shape index (κ2) is 6.82. The Balaban J connectivity index is 1.72. The van der Waals surface area contributed by atoms with Crippen LogP contribution in [0.2, 0.25) is 0 Å². The molecular formula is C16H18N6O4. The van der Waals surface area contributed by atoms with Crippen molar-refractivity contribution in [3.05, 3.63) is 46.7 Å². The van der Waals surface area contributed by atoms with E-state index in [9.17, 15) is 9.59 Å². The number of aromatic nitrogens is 5. The average Bonchev–Trinajstić information content (AvgIpc) is 3.25. The van der Waals surface area contributed by atoms with Crippen LogP contribution in [-0.4, -0.2) is 41.7 Å². The van der Waals surface area contributed by atoms with Crippen LogP contribution in [0.25, 0.3) is 5.82 Å². The first kappa shape index (κ1) is 17.4. The highest BCUT2D eigenvalue weighted by Crippen LogP contribution is 2.20. The lowest BCUT2D eigenvalue weighted by Gasteiger charge is -2.05. The van der Waals surface area contributed by atoms with Crippen LogP contribution in [0, 0.1) is 20.8 Å². The Morgan fingerprint density at radius 1 is 1.27 bits per heavy atom. The molecule has 0 radical (unpaired) electrons. The molecule has 2 N–H and O–H groups in total. The quantitative estimate of drug-likeness (QED) is 0.672. The number of nitrogens with one attached hydrogen (secondary N) is 1. The highest BCUT2D eigenvalue weighted by atomic mass is 16.5. The van der Waals surface area contributed by atoms with Gasteiger partial charge in [0.1, 0.15) is 18.0 Å². The maximum absolute atomic E-state index is 12.5. The first-order valence-electron chi connectivity index (χ1n) is 7.87. The lowest BCUT2D eigenvalue weighted by atomic mass is 10.2. The van der Waals surface area contributed by atoms with Gasteiger partial charge < -0.3 is 14.9 Å². The van der Waals surface area contributed by atoms with E-state index in [0.717, 1.165) is 11.4 Å². The molecule has 3 aromatic rings. The summed E-state index contributed by atoms with van der Waals surface area (Å²) < 4.78 is 8.14. The SMILES string of the molecule is Cc1cc(-n2c(C)cc(C(=O)NCc3cn(CC(=O)O)nn3)c2C)no1. The molecule has 0 aliphatic rings. The fraction of sp³-hybridized carbons (Fsp3) is 0.312. The molecule has 0 fully saturated rings. The van der Waals surface area contributed by atoms with Gasteiger partial charge in [0.25, 0.3) is 5.91 Å². The van der Waals surface area contributed by atoms with Crippen molar-refractivity contribution < 1.29 is 19.2 Å². The second-order valence-corrected chi connectivity index (χ2v) is 5.90. The summed E-state index contributed by atoms with van der Waals surface area (Å²) in [5.41, 5.74) is 2.58. The lowest BCUT2D eigenvalue weighted by molar-refractivity contribution is -0.137. The van der Waals surface area contributed by atoms with Crippen LogP contribution in [0.5, 0.6) is 0 Å². The zero-order valence-corrected chi connectivity index (χ0v) is 14.6. The molecule has 136 valence electrons. The van der Waals surface area contributed by atoms with Crippen LogP contribution in [0.3, 0.4) is 0 Å². The van der Waals surface area contributed by atoms with Crippen LogP contribution >= 0.6 is 0 Å². The van der Waals surface area contributed by atoms with E-state index >= 15 is 0 Å². The molecular weight excluding hydrogens is 340 g/mol. The number of amides is 1. The van der Waals surface area contributed by atoms with Gasteiger partial charge in [-0.25, -0.2) is 4.68 Å². The van der Waals surface area contributed by atoms with E-state index in [-0.39, 0.29) is 19.0 Å². The third-order valence-electron chi connectivity index (χ3n) is 3.83. The van der Waals surface area contributed by atoms with Crippen molar-refractivity contribution in [2.24, 2.45) is 0 Å². The van der Waals surface area contributed by atoms with Crippen molar-refractivity contribution in [1.82, 2.24) is 30.0 Å². The predicted molar refractivity (Wildman–Crippen MR) is 88.9 cm³/mol. The van der Waals surface area contributed by atoms with E-state index in [1.807, 2.05) is 18.4 Å². The number of nitrogens with zero attached hydrogens (tertiary/aromatic N) is 5. The van der Waals surface area contributed by atoms with Crippen LogP contribution in [0.4, 0.5) is 0 Å². The summed E-state index contributed by atoms with van der Waals surface area (Å²) >= 11 is 0. The van der Waals surface area contributed by atoms with Gasteiger partial charge in [-0.3, -0.25) is 14.2 Å². The number of aryl methyl sites for hydroxylation is 2. The van der Waals surface area contributed by atoms with Gasteiger partial charge in [-0.05, 0) is 26.8 Å². The molecule has 10 nitrogen and oxygen atoms in total. The van der Waals surface area contributed by atoms with E-state index in [4.69, 9.17) is 9.63 Å². The number of carbonyl (C=O) groups is 2. The maximum Gasteiger partial charge on any atom is 0.325 e. The summed E-state index contributed by atoms with van der Waals surface area (Å²) in [6.45, 7) is 5.38. The second-order valence-electron chi connectivity index (χ2n) is 5.90. The summed E-state index contributed by atoms with van der Waals surface area (Å²) in [5, 5.41) is 23.0. The third-order valence-corrected chi connectivity index (χ3v) is 3.83. The minimum Gasteiger partial charge on any atom is -0.480 e. The Kier molecular flexibility index (Phi) is 4.57. The van der Waals surface area contributed by atoms with Gasteiger partial charge in [0.2, 0.25) is 0 Å². The number of carbonyl (C=O) groups excluding carboxylic acids is 1. The first-order chi connectivity index (χ1) is 12.3. The van der Waals surface area contributed by atoms with Gasteiger partial charge in [0.15, 0.2) is 5.82 Å². The van der Waals surface area contributed by atoms with Gasteiger partial charge >= 0.3 is 5.97 Å². The third kappa shape index (κ3) is 3.48. The Morgan fingerprint density at radius 2 is 2.04 bits per heavy atom. The molecule has 26 heavy (non-hydrogen) atoms. The van der Waals surface area contributed by atoms with Crippen LogP contribution in [0.1, 0.15) is 33.2 Å². The molecule has 3 rings (SSSR count). The summed E-state index contributed by atoms with van der Waals surface area (Å²) in [6.07, 6.45) is 1.48. The Bertz CT molecular complexity index is 967. The van der Waals surface area contributed by atoms with Gasteiger partial charge in [0, 0.05) is 17.5 Å². The number of aliphatic carboxylic acids is 1. The Hall–Kier alpha value is -3.43. The number of carboxylic acid groups (broad SMARTS) is 1. The molecule has 1 amide bonds. The Morgan fingerprint density at radius 3 is 2.69 bits per heavy atom. The minimum absolute atomic E-state index is 0.144. The van der Waals surface area contributed by atoms with Gasteiger partial charge in [-0.15, -0.1) is 5.10 Å². The topological polar surface area (TPSA) is 128 Å². The summed E-state index contributed by atoms with van der Waals surface area (Å²) in [4.78, 5) is 23.2. The molecule has 0 unspecified atom stereocenters. The van der Waals surface area contributed by atoms with Gasteiger partial charge in [-0.2, -0.15) is 0 Å². The molecule has 3 heterocycles. The van der Waals surface area contributed by atoms with Gasteiger partial charge in [-0.1, -0.05) is 10.4 Å². The van der Waals surface area contributed by atoms with Crippen LogP contribution in [-0.2, 0) is 17.9 Å². The smallest absolute Gasteiger partial charge is 0.325 e. The number of hydrogen-bond acceptors (Lipinski definition) is 6. The number of rotatable bonds is 6. The van der Waals surface area contributed by atoms with Gasteiger partial charge in [0.05, 0.1) is 18.3 Å². The van der Waals surface area contributed by atoms with Crippen molar-refractivity contribution in [3.63, 3.8) is 0 Å². The molecule has 0 aliphatic carbocycles. The highest BCUT2D eigenvalue weighted by Gasteiger charge is 2.18. The minimum atomic E-state index is -1.01. The monoisotopic (exact) mass is 358 g/mol. The molecule has 0 aromatic carbocycles. The molecule has 0 saturated carbocycles. The van der Waals surface area contributed by atoms with E-state index in [1.54, 1.807) is 19.1 Å². The molecule has 0 aliphatic heterocycles. The molecule has 0 bridgehead atoms. The molecule has 10 heteroatoms. The normalized spacial score (nSPS) is 10.9. The summed E-state index contributed by atoms with van der Waals surface area (Å²) in [7, 11) is 0. The molecule has 3 aromatic heterocycles. The van der Waals surface area contributed by atoms with E-state index in [0.29, 0.717) is 22.8 Å². The summed E-state index contributed by atoms with van der Waals surface area (Å²) in [5.74, 6) is 0.0227. The highest BCUT2D eigenvalue weighted by molar-refractivity contribution is 5.95. The van der Waals surface area contributed by atoms with Crippen LogP contribution in [0.15, 0.2) is 22.9 Å². The Labute approximate surface area is 148 Å². The molecule has 0 saturated heterocycles. The molecule has 0 atom stereocenters. The van der Waals surface area contributed by atoms with Crippen molar-refractivity contribution >= 4 is 11.9 Å².